The molecule has 0 saturated carbocycles. The van der Waals surface area contributed by atoms with E-state index in [0.717, 1.165) is 45.6 Å². The fourth-order valence-corrected chi connectivity index (χ4v) is 2.68. The number of aliphatic hydroxyl groups excluding tert-OH is 1. The van der Waals surface area contributed by atoms with Crippen molar-refractivity contribution in [3.63, 3.8) is 0 Å². The van der Waals surface area contributed by atoms with Gasteiger partial charge in [-0.2, -0.15) is 0 Å². The molecule has 2 heterocycles. The maximum atomic E-state index is 11.9. The van der Waals surface area contributed by atoms with Crippen LogP contribution in [0.15, 0.2) is 0 Å². The Balaban J connectivity index is 1.70. The number of carbonyl (C=O) groups excluding carboxylic acids is 1. The van der Waals surface area contributed by atoms with Crippen molar-refractivity contribution in [2.75, 3.05) is 32.8 Å². The lowest BCUT2D eigenvalue weighted by atomic mass is 9.97. The third-order valence-electron chi connectivity index (χ3n) is 3.90. The minimum atomic E-state index is -0.209. The number of likely N-dealkylation sites (tertiary alicyclic amines) is 1. The van der Waals surface area contributed by atoms with Crippen LogP contribution in [0.25, 0.3) is 0 Å². The largest absolute Gasteiger partial charge is 0.393 e. The molecule has 2 fully saturated rings. The summed E-state index contributed by atoms with van der Waals surface area (Å²) in [7, 11) is 0. The summed E-state index contributed by atoms with van der Waals surface area (Å²) in [6.07, 6.45) is 2.40. The number of aliphatic hydroxyl groups is 1. The first-order valence-corrected chi connectivity index (χ1v) is 6.92. The minimum Gasteiger partial charge on any atom is -0.393 e. The van der Waals surface area contributed by atoms with Crippen molar-refractivity contribution in [3.8, 4) is 0 Å². The molecule has 5 heteroatoms. The standard InChI is InChI=1S/C13H24N2O3/c1-10-8-15(5-2-12(10)16)9-13(17)14-11-3-6-18-7-4-11/h10-12,16H,2-9H2,1H3,(H,14,17). The second kappa shape index (κ2) is 6.50. The van der Waals surface area contributed by atoms with E-state index in [1.807, 2.05) is 6.92 Å². The van der Waals surface area contributed by atoms with Gasteiger partial charge in [0.15, 0.2) is 0 Å². The minimum absolute atomic E-state index is 0.102. The van der Waals surface area contributed by atoms with Crippen molar-refractivity contribution < 1.29 is 14.6 Å². The van der Waals surface area contributed by atoms with Gasteiger partial charge in [-0.05, 0) is 25.2 Å². The molecule has 2 aliphatic rings. The normalized spacial score (nSPS) is 31.2. The fourth-order valence-electron chi connectivity index (χ4n) is 2.68. The first-order valence-electron chi connectivity index (χ1n) is 6.92. The molecular weight excluding hydrogens is 232 g/mol. The molecule has 0 aromatic heterocycles. The third-order valence-corrected chi connectivity index (χ3v) is 3.90. The van der Waals surface area contributed by atoms with Crippen LogP contribution >= 0.6 is 0 Å². The van der Waals surface area contributed by atoms with Crippen LogP contribution in [0.1, 0.15) is 26.2 Å². The van der Waals surface area contributed by atoms with Crippen LogP contribution in [0.4, 0.5) is 0 Å². The van der Waals surface area contributed by atoms with E-state index in [-0.39, 0.29) is 24.0 Å². The number of carbonyl (C=O) groups is 1. The maximum absolute atomic E-state index is 11.9. The third kappa shape index (κ3) is 3.93. The molecule has 0 radical (unpaired) electrons. The molecule has 104 valence electrons. The highest BCUT2D eigenvalue weighted by Gasteiger charge is 2.26. The summed E-state index contributed by atoms with van der Waals surface area (Å²) in [6.45, 7) is 5.60. The van der Waals surface area contributed by atoms with Crippen LogP contribution in [-0.4, -0.2) is 60.9 Å². The highest BCUT2D eigenvalue weighted by atomic mass is 16.5. The van der Waals surface area contributed by atoms with Gasteiger partial charge in [-0.3, -0.25) is 9.69 Å². The molecule has 18 heavy (non-hydrogen) atoms. The van der Waals surface area contributed by atoms with E-state index in [9.17, 15) is 9.90 Å². The number of nitrogens with one attached hydrogen (secondary N) is 1. The predicted octanol–water partition coefficient (Wildman–Crippen LogP) is -0.0157. The maximum Gasteiger partial charge on any atom is 0.234 e. The van der Waals surface area contributed by atoms with Gasteiger partial charge in [0.25, 0.3) is 0 Å². The average Bonchev–Trinajstić information content (AvgIpc) is 2.35. The molecule has 2 rings (SSSR count). The number of amides is 1. The number of ether oxygens (including phenoxy) is 1. The number of nitrogens with zero attached hydrogens (tertiary/aromatic N) is 1. The van der Waals surface area contributed by atoms with Gasteiger partial charge in [0.05, 0.1) is 12.6 Å². The van der Waals surface area contributed by atoms with E-state index < -0.39 is 0 Å². The van der Waals surface area contributed by atoms with E-state index in [1.165, 1.54) is 0 Å². The van der Waals surface area contributed by atoms with Gasteiger partial charge in [-0.15, -0.1) is 0 Å². The molecule has 2 N–H and O–H groups in total. The summed E-state index contributed by atoms with van der Waals surface area (Å²) in [5.74, 6) is 0.361. The highest BCUT2D eigenvalue weighted by molar-refractivity contribution is 5.78. The van der Waals surface area contributed by atoms with Crippen LogP contribution < -0.4 is 5.32 Å². The lowest BCUT2D eigenvalue weighted by molar-refractivity contribution is -0.124. The van der Waals surface area contributed by atoms with Gasteiger partial charge in [0.2, 0.25) is 5.91 Å². The van der Waals surface area contributed by atoms with E-state index in [1.54, 1.807) is 0 Å². The van der Waals surface area contributed by atoms with Gasteiger partial charge < -0.3 is 15.2 Å². The van der Waals surface area contributed by atoms with Crippen molar-refractivity contribution >= 4 is 5.91 Å². The van der Waals surface area contributed by atoms with Gasteiger partial charge in [0.1, 0.15) is 0 Å². The van der Waals surface area contributed by atoms with Crippen LogP contribution in [0.3, 0.4) is 0 Å². The van der Waals surface area contributed by atoms with E-state index in [0.29, 0.717) is 6.54 Å². The lowest BCUT2D eigenvalue weighted by Crippen LogP contribution is -2.48. The Morgan fingerprint density at radius 1 is 1.39 bits per heavy atom. The number of hydrogen-bond acceptors (Lipinski definition) is 4. The van der Waals surface area contributed by atoms with Crippen LogP contribution in [0, 0.1) is 5.92 Å². The summed E-state index contributed by atoms with van der Waals surface area (Å²) in [5, 5.41) is 12.7. The topological polar surface area (TPSA) is 61.8 Å². The summed E-state index contributed by atoms with van der Waals surface area (Å²) < 4.78 is 5.27. The molecule has 0 spiro atoms. The average molecular weight is 256 g/mol. The Morgan fingerprint density at radius 2 is 2.11 bits per heavy atom. The molecule has 2 atom stereocenters. The van der Waals surface area contributed by atoms with Crippen molar-refractivity contribution in [2.45, 2.75) is 38.3 Å². The zero-order chi connectivity index (χ0) is 13.0. The Bertz CT molecular complexity index is 279. The van der Waals surface area contributed by atoms with Crippen molar-refractivity contribution in [1.29, 1.82) is 0 Å². The first-order chi connectivity index (χ1) is 8.65. The predicted molar refractivity (Wildman–Crippen MR) is 68.2 cm³/mol. The second-order valence-electron chi connectivity index (χ2n) is 5.52. The second-order valence-corrected chi connectivity index (χ2v) is 5.52. The molecule has 0 aliphatic carbocycles. The Kier molecular flexibility index (Phi) is 4.97. The summed E-state index contributed by atoms with van der Waals surface area (Å²) in [4.78, 5) is 14.0. The number of hydrogen-bond donors (Lipinski definition) is 2. The monoisotopic (exact) mass is 256 g/mol. The Labute approximate surface area is 108 Å². The zero-order valence-electron chi connectivity index (χ0n) is 11.1. The van der Waals surface area contributed by atoms with Crippen molar-refractivity contribution in [3.05, 3.63) is 0 Å². The van der Waals surface area contributed by atoms with Gasteiger partial charge in [0, 0.05) is 32.3 Å². The van der Waals surface area contributed by atoms with Crippen molar-refractivity contribution in [2.24, 2.45) is 5.92 Å². The highest BCUT2D eigenvalue weighted by Crippen LogP contribution is 2.16. The van der Waals surface area contributed by atoms with E-state index >= 15 is 0 Å². The SMILES string of the molecule is CC1CN(CC(=O)NC2CCOCC2)CCC1O. The first kappa shape index (κ1) is 13.8. The number of piperidine rings is 1. The van der Waals surface area contributed by atoms with Gasteiger partial charge >= 0.3 is 0 Å². The number of rotatable bonds is 3. The van der Waals surface area contributed by atoms with Crippen LogP contribution in [0.2, 0.25) is 0 Å². The smallest absolute Gasteiger partial charge is 0.234 e. The molecular formula is C13H24N2O3. The molecule has 5 nitrogen and oxygen atoms in total. The van der Waals surface area contributed by atoms with E-state index in [2.05, 4.69) is 10.2 Å². The molecule has 0 aromatic rings. The molecule has 0 aromatic carbocycles. The van der Waals surface area contributed by atoms with E-state index in [4.69, 9.17) is 4.74 Å². The summed E-state index contributed by atoms with van der Waals surface area (Å²) in [6, 6.07) is 0.277. The van der Waals surface area contributed by atoms with Crippen LogP contribution in [0.5, 0.6) is 0 Å². The molecule has 2 saturated heterocycles. The fraction of sp³-hybridized carbons (Fsp3) is 0.923. The molecule has 2 aliphatic heterocycles. The molecule has 2 unspecified atom stereocenters. The summed E-state index contributed by atoms with van der Waals surface area (Å²) in [5.41, 5.74) is 0. The van der Waals surface area contributed by atoms with Gasteiger partial charge in [-0.1, -0.05) is 6.92 Å². The zero-order valence-corrected chi connectivity index (χ0v) is 11.1. The van der Waals surface area contributed by atoms with Gasteiger partial charge in [-0.25, -0.2) is 0 Å². The molecule has 0 bridgehead atoms. The van der Waals surface area contributed by atoms with Crippen molar-refractivity contribution in [1.82, 2.24) is 10.2 Å². The Hall–Kier alpha value is -0.650. The quantitative estimate of drug-likeness (QED) is 0.745. The van der Waals surface area contributed by atoms with Crippen LogP contribution in [-0.2, 0) is 9.53 Å². The molecule has 1 amide bonds. The Morgan fingerprint density at radius 3 is 2.78 bits per heavy atom. The summed E-state index contributed by atoms with van der Waals surface area (Å²) >= 11 is 0. The lowest BCUT2D eigenvalue weighted by Gasteiger charge is -2.34.